The molecule has 1 aliphatic rings. The average molecular weight is 298 g/mol. The Balaban J connectivity index is 1.95. The Morgan fingerprint density at radius 1 is 1.50 bits per heavy atom. The van der Waals surface area contributed by atoms with Crippen LogP contribution in [0, 0.1) is 17.2 Å². The number of hydrogen-bond donors (Lipinski definition) is 0. The summed E-state index contributed by atoms with van der Waals surface area (Å²) in [5.74, 6) is 2.14. The van der Waals surface area contributed by atoms with Gasteiger partial charge in [-0.25, -0.2) is 0 Å². The van der Waals surface area contributed by atoms with Crippen molar-refractivity contribution in [1.29, 1.82) is 5.26 Å². The molecule has 1 aliphatic carbocycles. The van der Waals surface area contributed by atoms with Crippen LogP contribution in [0.15, 0.2) is 27.6 Å². The van der Waals surface area contributed by atoms with Gasteiger partial charge < -0.3 is 4.74 Å². The summed E-state index contributed by atoms with van der Waals surface area (Å²) in [4.78, 5) is 1.09. The number of nitrogens with zero attached hydrogens (tertiary/aromatic N) is 1. The van der Waals surface area contributed by atoms with Crippen LogP contribution in [0.25, 0.3) is 0 Å². The number of benzene rings is 1. The third-order valence-corrected chi connectivity index (χ3v) is 3.86. The van der Waals surface area contributed by atoms with Crippen molar-refractivity contribution in [2.24, 2.45) is 5.92 Å². The number of nitriles is 1. The number of halogens is 1. The fourth-order valence-electron chi connectivity index (χ4n) is 1.30. The summed E-state index contributed by atoms with van der Waals surface area (Å²) in [6.45, 7) is 0.823. The van der Waals surface area contributed by atoms with Crippen molar-refractivity contribution in [1.82, 2.24) is 0 Å². The minimum atomic E-state index is 0.481. The maximum atomic E-state index is 8.50. The molecule has 4 heteroatoms. The molecule has 1 aromatic rings. The Bertz CT molecular complexity index is 412. The molecular weight excluding hydrogens is 286 g/mol. The lowest BCUT2D eigenvalue weighted by Gasteiger charge is -2.08. The van der Waals surface area contributed by atoms with Gasteiger partial charge in [0.2, 0.25) is 0 Å². The highest BCUT2D eigenvalue weighted by molar-refractivity contribution is 9.10. The first-order chi connectivity index (χ1) is 7.79. The van der Waals surface area contributed by atoms with Crippen LogP contribution in [0.1, 0.15) is 12.8 Å². The summed E-state index contributed by atoms with van der Waals surface area (Å²) in [5, 5.41) is 8.50. The molecule has 1 fully saturated rings. The lowest BCUT2D eigenvalue weighted by Crippen LogP contribution is -1.99. The highest BCUT2D eigenvalue weighted by atomic mass is 79.9. The zero-order valence-electron chi connectivity index (χ0n) is 8.78. The molecule has 2 rings (SSSR count). The molecule has 16 heavy (non-hydrogen) atoms. The summed E-state index contributed by atoms with van der Waals surface area (Å²) in [5.41, 5.74) is 0. The second kappa shape index (κ2) is 5.60. The van der Waals surface area contributed by atoms with Crippen molar-refractivity contribution in [3.63, 3.8) is 0 Å². The lowest BCUT2D eigenvalue weighted by atomic mass is 10.3. The van der Waals surface area contributed by atoms with Crippen molar-refractivity contribution in [3.05, 3.63) is 22.7 Å². The zero-order valence-corrected chi connectivity index (χ0v) is 11.2. The molecule has 1 aromatic carbocycles. The summed E-state index contributed by atoms with van der Waals surface area (Å²) < 4.78 is 6.67. The third-order valence-electron chi connectivity index (χ3n) is 2.38. The van der Waals surface area contributed by atoms with E-state index >= 15 is 0 Å². The van der Waals surface area contributed by atoms with E-state index in [1.54, 1.807) is 0 Å². The maximum absolute atomic E-state index is 8.50. The van der Waals surface area contributed by atoms with Crippen LogP contribution in [-0.4, -0.2) is 12.4 Å². The van der Waals surface area contributed by atoms with Gasteiger partial charge in [-0.15, -0.1) is 11.8 Å². The Kier molecular flexibility index (Phi) is 4.14. The van der Waals surface area contributed by atoms with E-state index in [4.69, 9.17) is 10.00 Å². The van der Waals surface area contributed by atoms with Crippen LogP contribution in [0.2, 0.25) is 0 Å². The molecule has 0 amide bonds. The predicted octanol–water partition coefficient (Wildman–Crippen LogP) is 3.85. The van der Waals surface area contributed by atoms with Crippen LogP contribution in [0.5, 0.6) is 5.75 Å². The topological polar surface area (TPSA) is 33.0 Å². The maximum Gasteiger partial charge on any atom is 0.133 e. The first-order valence-corrected chi connectivity index (χ1v) is 6.99. The quantitative estimate of drug-likeness (QED) is 0.774. The molecule has 0 bridgehead atoms. The van der Waals surface area contributed by atoms with Gasteiger partial charge in [0.25, 0.3) is 0 Å². The summed E-state index contributed by atoms with van der Waals surface area (Å²) in [6, 6.07) is 8.08. The van der Waals surface area contributed by atoms with Gasteiger partial charge in [-0.3, -0.25) is 0 Å². The average Bonchev–Trinajstić information content (AvgIpc) is 3.09. The fourth-order valence-corrected chi connectivity index (χ4v) is 2.54. The summed E-state index contributed by atoms with van der Waals surface area (Å²) >= 11 is 5.02. The van der Waals surface area contributed by atoms with E-state index in [0.717, 1.165) is 27.6 Å². The molecular formula is C12H12BrNOS. The van der Waals surface area contributed by atoms with Gasteiger partial charge in [0, 0.05) is 4.90 Å². The van der Waals surface area contributed by atoms with E-state index in [1.807, 2.05) is 18.2 Å². The monoisotopic (exact) mass is 297 g/mol. The minimum absolute atomic E-state index is 0.481. The Hall–Kier alpha value is -0.660. The van der Waals surface area contributed by atoms with Crippen LogP contribution < -0.4 is 4.74 Å². The Labute approximate surface area is 108 Å². The second-order valence-corrected chi connectivity index (χ2v) is 5.70. The van der Waals surface area contributed by atoms with E-state index in [9.17, 15) is 0 Å². The van der Waals surface area contributed by atoms with Crippen LogP contribution in [0.4, 0.5) is 0 Å². The number of hydrogen-bond acceptors (Lipinski definition) is 3. The molecule has 0 N–H and O–H groups in total. The van der Waals surface area contributed by atoms with E-state index in [2.05, 4.69) is 22.0 Å². The highest BCUT2D eigenvalue weighted by Gasteiger charge is 2.22. The highest BCUT2D eigenvalue weighted by Crippen LogP contribution is 2.33. The van der Waals surface area contributed by atoms with E-state index in [-0.39, 0.29) is 0 Å². The Morgan fingerprint density at radius 3 is 2.94 bits per heavy atom. The van der Waals surface area contributed by atoms with Gasteiger partial charge in [0.15, 0.2) is 0 Å². The first-order valence-electron chi connectivity index (χ1n) is 5.21. The Morgan fingerprint density at radius 2 is 2.31 bits per heavy atom. The van der Waals surface area contributed by atoms with Gasteiger partial charge in [-0.05, 0) is 52.9 Å². The minimum Gasteiger partial charge on any atom is -0.492 e. The van der Waals surface area contributed by atoms with Crippen LogP contribution in [0.3, 0.4) is 0 Å². The van der Waals surface area contributed by atoms with Crippen molar-refractivity contribution in [3.8, 4) is 11.8 Å². The second-order valence-electron chi connectivity index (χ2n) is 3.79. The van der Waals surface area contributed by atoms with Crippen molar-refractivity contribution < 1.29 is 4.74 Å². The lowest BCUT2D eigenvalue weighted by molar-refractivity contribution is 0.298. The van der Waals surface area contributed by atoms with Gasteiger partial charge in [0.05, 0.1) is 22.9 Å². The molecule has 2 nitrogen and oxygen atoms in total. The van der Waals surface area contributed by atoms with Gasteiger partial charge in [0.1, 0.15) is 5.75 Å². The standard InChI is InChI=1S/C12H12BrNOS/c13-11-7-10(16-6-5-14)3-4-12(11)15-8-9-1-2-9/h3-4,7,9H,1-2,6,8H2. The van der Waals surface area contributed by atoms with Crippen molar-refractivity contribution >= 4 is 27.7 Å². The molecule has 0 radical (unpaired) electrons. The summed E-state index contributed by atoms with van der Waals surface area (Å²) in [6.07, 6.45) is 2.60. The molecule has 1 saturated carbocycles. The van der Waals surface area contributed by atoms with Crippen molar-refractivity contribution in [2.45, 2.75) is 17.7 Å². The van der Waals surface area contributed by atoms with E-state index in [0.29, 0.717) is 5.75 Å². The van der Waals surface area contributed by atoms with Gasteiger partial charge >= 0.3 is 0 Å². The van der Waals surface area contributed by atoms with Crippen LogP contribution in [-0.2, 0) is 0 Å². The van der Waals surface area contributed by atoms with Crippen LogP contribution >= 0.6 is 27.7 Å². The molecule has 0 spiro atoms. The molecule has 0 atom stereocenters. The zero-order chi connectivity index (χ0) is 11.4. The fraction of sp³-hybridized carbons (Fsp3) is 0.417. The number of thioether (sulfide) groups is 1. The number of ether oxygens (including phenoxy) is 1. The smallest absolute Gasteiger partial charge is 0.133 e. The first kappa shape index (κ1) is 11.8. The summed E-state index contributed by atoms with van der Waals surface area (Å²) in [7, 11) is 0. The molecule has 84 valence electrons. The van der Waals surface area contributed by atoms with E-state index in [1.165, 1.54) is 24.6 Å². The number of rotatable bonds is 5. The normalized spacial score (nSPS) is 14.5. The third kappa shape index (κ3) is 3.43. The molecule has 0 saturated heterocycles. The SMILES string of the molecule is N#CCSc1ccc(OCC2CC2)c(Br)c1. The molecule has 0 aromatic heterocycles. The molecule has 0 unspecified atom stereocenters. The largest absolute Gasteiger partial charge is 0.492 e. The van der Waals surface area contributed by atoms with Gasteiger partial charge in [-0.1, -0.05) is 0 Å². The molecule has 0 heterocycles. The molecule has 0 aliphatic heterocycles. The van der Waals surface area contributed by atoms with Gasteiger partial charge in [-0.2, -0.15) is 5.26 Å². The van der Waals surface area contributed by atoms with Crippen molar-refractivity contribution in [2.75, 3.05) is 12.4 Å². The van der Waals surface area contributed by atoms with E-state index < -0.39 is 0 Å². The predicted molar refractivity (Wildman–Crippen MR) is 68.7 cm³/mol.